The maximum Gasteiger partial charge on any atom is 0.145 e. The van der Waals surface area contributed by atoms with E-state index in [1.807, 2.05) is 0 Å². The van der Waals surface area contributed by atoms with Gasteiger partial charge in [-0.25, -0.2) is 4.39 Å². The van der Waals surface area contributed by atoms with Crippen LogP contribution in [0.5, 0.6) is 5.75 Å². The fourth-order valence-electron chi connectivity index (χ4n) is 2.35. The Morgan fingerprint density at radius 2 is 1.85 bits per heavy atom. The molecule has 0 spiro atoms. The minimum absolute atomic E-state index is 0.0955. The van der Waals surface area contributed by atoms with E-state index in [0.717, 1.165) is 31.0 Å². The predicted molar refractivity (Wildman–Crippen MR) is 90.6 cm³/mol. The van der Waals surface area contributed by atoms with E-state index in [1.54, 1.807) is 0 Å². The first-order valence-electron chi connectivity index (χ1n) is 6.81. The Balaban J connectivity index is 2.84. The van der Waals surface area contributed by atoms with Gasteiger partial charge in [0.05, 0.1) is 16.1 Å². The molecule has 0 heterocycles. The first kappa shape index (κ1) is 18.2. The average Bonchev–Trinajstić information content (AvgIpc) is 2.41. The van der Waals surface area contributed by atoms with Crippen molar-refractivity contribution in [2.45, 2.75) is 39.5 Å². The minimum Gasteiger partial charge on any atom is -0.492 e. The highest BCUT2D eigenvalue weighted by atomic mass is 79.9. The van der Waals surface area contributed by atoms with Gasteiger partial charge in [0, 0.05) is 16.8 Å². The molecule has 0 amide bonds. The molecule has 1 nitrogen and oxygen atoms in total. The van der Waals surface area contributed by atoms with Crippen LogP contribution in [0.15, 0.2) is 16.6 Å². The van der Waals surface area contributed by atoms with Gasteiger partial charge in [-0.2, -0.15) is 0 Å². The molecule has 0 aliphatic rings. The van der Waals surface area contributed by atoms with E-state index in [1.165, 1.54) is 12.1 Å². The lowest BCUT2D eigenvalue weighted by molar-refractivity contribution is 0.143. The van der Waals surface area contributed by atoms with E-state index >= 15 is 0 Å². The van der Waals surface area contributed by atoms with Crippen LogP contribution in [0.3, 0.4) is 0 Å². The van der Waals surface area contributed by atoms with Crippen molar-refractivity contribution in [3.8, 4) is 5.75 Å². The highest BCUT2D eigenvalue weighted by Gasteiger charge is 2.28. The van der Waals surface area contributed by atoms with Gasteiger partial charge >= 0.3 is 0 Å². The summed E-state index contributed by atoms with van der Waals surface area (Å²) >= 11 is 12.7. The predicted octanol–water partition coefficient (Wildman–Crippen LogP) is 6.60. The Hall–Kier alpha value is 0.200. The van der Waals surface area contributed by atoms with Crippen LogP contribution in [0.25, 0.3) is 0 Å². The maximum absolute atomic E-state index is 13.5. The normalized spacial score (nSPS) is 11.7. The molecule has 0 unspecified atom stereocenters. The molecule has 0 aromatic heterocycles. The van der Waals surface area contributed by atoms with Crippen LogP contribution in [0.4, 0.5) is 4.39 Å². The van der Waals surface area contributed by atoms with Crippen LogP contribution in [0.2, 0.25) is 5.02 Å². The second-order valence-electron chi connectivity index (χ2n) is 5.12. The zero-order valence-electron chi connectivity index (χ0n) is 11.8. The number of benzene rings is 1. The zero-order valence-corrected chi connectivity index (χ0v) is 15.7. The van der Waals surface area contributed by atoms with E-state index < -0.39 is 5.82 Å². The molecule has 20 heavy (non-hydrogen) atoms. The Morgan fingerprint density at radius 1 is 1.25 bits per heavy atom. The molecular weight excluding hydrogens is 410 g/mol. The molecular formula is C15H20Br2ClFO. The average molecular weight is 431 g/mol. The first-order chi connectivity index (χ1) is 9.48. The molecule has 0 atom stereocenters. The summed E-state index contributed by atoms with van der Waals surface area (Å²) in [6, 6.07) is 2.87. The summed E-state index contributed by atoms with van der Waals surface area (Å²) in [5, 5.41) is 0.980. The quantitative estimate of drug-likeness (QED) is 0.333. The fraction of sp³-hybridized carbons (Fsp3) is 0.600. The first-order valence-corrected chi connectivity index (χ1v) is 9.10. The highest BCUT2D eigenvalue weighted by Crippen LogP contribution is 2.36. The third kappa shape index (κ3) is 4.88. The summed E-state index contributed by atoms with van der Waals surface area (Å²) in [6.45, 7) is 4.91. The lowest BCUT2D eigenvalue weighted by Crippen LogP contribution is -2.30. The molecule has 0 N–H and O–H groups in total. The minimum atomic E-state index is -0.458. The van der Waals surface area contributed by atoms with Crippen molar-refractivity contribution >= 4 is 43.5 Å². The summed E-state index contributed by atoms with van der Waals surface area (Å²) in [5.74, 6) is 0.0460. The van der Waals surface area contributed by atoms with Crippen LogP contribution in [-0.4, -0.2) is 11.9 Å². The molecule has 5 heteroatoms. The van der Waals surface area contributed by atoms with Gasteiger partial charge in [-0.15, -0.1) is 0 Å². The summed E-state index contributed by atoms with van der Waals surface area (Å²) in [6.07, 6.45) is 4.37. The van der Waals surface area contributed by atoms with Gasteiger partial charge in [-0.3, -0.25) is 0 Å². The van der Waals surface area contributed by atoms with Gasteiger partial charge in [-0.05, 0) is 34.8 Å². The molecule has 0 radical (unpaired) electrons. The third-order valence-corrected chi connectivity index (χ3v) is 5.45. The smallest absolute Gasteiger partial charge is 0.145 e. The number of alkyl halides is 1. The van der Waals surface area contributed by atoms with Crippen molar-refractivity contribution in [3.63, 3.8) is 0 Å². The molecule has 1 aromatic rings. The molecule has 1 rings (SSSR count). The van der Waals surface area contributed by atoms with Crippen LogP contribution in [-0.2, 0) is 0 Å². The summed E-state index contributed by atoms with van der Waals surface area (Å²) < 4.78 is 20.1. The lowest BCUT2D eigenvalue weighted by atomic mass is 9.82. The van der Waals surface area contributed by atoms with E-state index in [9.17, 15) is 4.39 Å². The van der Waals surface area contributed by atoms with Crippen LogP contribution in [0, 0.1) is 11.2 Å². The molecule has 1 aromatic carbocycles. The monoisotopic (exact) mass is 428 g/mol. The molecule has 114 valence electrons. The SMILES string of the molecule is CCCC(CBr)(CCC)COc1cc(F)c(Cl)cc1Br. The van der Waals surface area contributed by atoms with E-state index in [0.29, 0.717) is 16.8 Å². The largest absolute Gasteiger partial charge is 0.492 e. The van der Waals surface area contributed by atoms with Crippen molar-refractivity contribution in [1.29, 1.82) is 0 Å². The van der Waals surface area contributed by atoms with Crippen LogP contribution >= 0.6 is 43.5 Å². The number of rotatable bonds is 8. The van der Waals surface area contributed by atoms with Gasteiger partial charge < -0.3 is 4.74 Å². The van der Waals surface area contributed by atoms with Crippen LogP contribution < -0.4 is 4.74 Å². The second-order valence-corrected chi connectivity index (χ2v) is 6.94. The van der Waals surface area contributed by atoms with E-state index in [-0.39, 0.29) is 10.4 Å². The van der Waals surface area contributed by atoms with Crippen molar-refractivity contribution < 1.29 is 9.13 Å². The van der Waals surface area contributed by atoms with Gasteiger partial charge in [-0.1, -0.05) is 54.2 Å². The Labute approximate surface area is 142 Å². The number of hydrogen-bond acceptors (Lipinski definition) is 1. The standard InChI is InChI=1S/C15H20Br2ClFO/c1-3-5-15(9-16,6-4-2)10-20-14-8-13(19)12(18)7-11(14)17/h7-8H,3-6,9-10H2,1-2H3. The Morgan fingerprint density at radius 3 is 2.35 bits per heavy atom. The number of halogens is 4. The fourth-order valence-corrected chi connectivity index (χ4v) is 3.82. The van der Waals surface area contributed by atoms with Crippen molar-refractivity contribution in [2.75, 3.05) is 11.9 Å². The van der Waals surface area contributed by atoms with Crippen LogP contribution in [0.1, 0.15) is 39.5 Å². The Kier molecular flexibility index (Phi) is 7.84. The van der Waals surface area contributed by atoms with Gasteiger partial charge in [0.2, 0.25) is 0 Å². The number of ether oxygens (including phenoxy) is 1. The molecule has 0 bridgehead atoms. The maximum atomic E-state index is 13.5. The topological polar surface area (TPSA) is 9.23 Å². The summed E-state index contributed by atoms with van der Waals surface area (Å²) in [7, 11) is 0. The zero-order chi connectivity index (χ0) is 15.2. The van der Waals surface area contributed by atoms with E-state index in [2.05, 4.69) is 45.7 Å². The van der Waals surface area contributed by atoms with E-state index in [4.69, 9.17) is 16.3 Å². The van der Waals surface area contributed by atoms with Gasteiger partial charge in [0.25, 0.3) is 0 Å². The highest BCUT2D eigenvalue weighted by molar-refractivity contribution is 9.10. The lowest BCUT2D eigenvalue weighted by Gasteiger charge is -2.31. The number of hydrogen-bond donors (Lipinski definition) is 0. The second kappa shape index (κ2) is 8.60. The molecule has 0 fully saturated rings. The molecule has 0 aliphatic heterocycles. The molecule has 0 saturated carbocycles. The summed E-state index contributed by atoms with van der Waals surface area (Å²) in [5.41, 5.74) is 0.0963. The van der Waals surface area contributed by atoms with Crippen molar-refractivity contribution in [3.05, 3.63) is 27.4 Å². The summed E-state index contributed by atoms with van der Waals surface area (Å²) in [4.78, 5) is 0. The molecule has 0 aliphatic carbocycles. The van der Waals surface area contributed by atoms with Crippen molar-refractivity contribution in [2.24, 2.45) is 5.41 Å². The van der Waals surface area contributed by atoms with Gasteiger partial charge in [0.1, 0.15) is 11.6 Å². The van der Waals surface area contributed by atoms with Crippen molar-refractivity contribution in [1.82, 2.24) is 0 Å². The third-order valence-electron chi connectivity index (χ3n) is 3.35. The Bertz CT molecular complexity index is 434. The molecule has 0 saturated heterocycles. The van der Waals surface area contributed by atoms with Gasteiger partial charge in [0.15, 0.2) is 0 Å².